The second-order valence-corrected chi connectivity index (χ2v) is 7.60. The second kappa shape index (κ2) is 9.60. The Morgan fingerprint density at radius 3 is 2.21 bits per heavy atom. The molecule has 0 saturated carbocycles. The number of carbonyl (C=O) groups is 1. The van der Waals surface area contributed by atoms with Crippen LogP contribution >= 0.6 is 0 Å². The lowest BCUT2D eigenvalue weighted by atomic mass is 9.94. The Bertz CT molecular complexity index is 650. The van der Waals surface area contributed by atoms with Crippen LogP contribution in [0.2, 0.25) is 0 Å². The molecular weight excluding hydrogens is 371 g/mol. The molecule has 0 unspecified atom stereocenters. The minimum atomic E-state index is -1.04. The van der Waals surface area contributed by atoms with E-state index < -0.39 is 29.3 Å². The first-order valence-corrected chi connectivity index (χ1v) is 10.0. The summed E-state index contributed by atoms with van der Waals surface area (Å²) in [6, 6.07) is 1.22. The molecule has 1 amide bonds. The van der Waals surface area contributed by atoms with Gasteiger partial charge in [0.05, 0.1) is 0 Å². The van der Waals surface area contributed by atoms with Crippen LogP contribution in [0.5, 0.6) is 5.75 Å². The summed E-state index contributed by atoms with van der Waals surface area (Å²) in [6.45, 7) is 4.50. The van der Waals surface area contributed by atoms with E-state index in [1.165, 1.54) is 0 Å². The Kier molecular flexibility index (Phi) is 7.18. The van der Waals surface area contributed by atoms with Gasteiger partial charge < -0.3 is 20.3 Å². The van der Waals surface area contributed by atoms with Crippen LogP contribution in [-0.2, 0) is 4.79 Å². The molecule has 0 aromatic heterocycles. The molecule has 2 fully saturated rings. The standard InChI is InChI=1S/C20H28F3N3O2/c21-15-12-17(22)19(18(23)13-15)28-16-4-10-26(11-5-16)20(27)14-2-8-25(9-3-14)7-1-6-24/h12-14,16H,1-11,24H2. The zero-order valence-corrected chi connectivity index (χ0v) is 16.0. The summed E-state index contributed by atoms with van der Waals surface area (Å²) in [5.74, 6) is -3.41. The lowest BCUT2D eigenvalue weighted by Crippen LogP contribution is -2.47. The van der Waals surface area contributed by atoms with Crippen molar-refractivity contribution in [3.8, 4) is 5.75 Å². The zero-order valence-electron chi connectivity index (χ0n) is 16.0. The number of benzene rings is 1. The number of rotatable bonds is 6. The van der Waals surface area contributed by atoms with Crippen molar-refractivity contribution in [2.45, 2.75) is 38.2 Å². The number of halogens is 3. The zero-order chi connectivity index (χ0) is 20.1. The summed E-state index contributed by atoms with van der Waals surface area (Å²) >= 11 is 0. The molecule has 1 aromatic rings. The first-order chi connectivity index (χ1) is 13.5. The van der Waals surface area contributed by atoms with Crippen LogP contribution in [0.1, 0.15) is 32.1 Å². The molecule has 2 saturated heterocycles. The number of piperidine rings is 2. The maximum atomic E-state index is 13.7. The van der Waals surface area contributed by atoms with E-state index in [0.717, 1.165) is 38.9 Å². The van der Waals surface area contributed by atoms with Crippen molar-refractivity contribution in [1.82, 2.24) is 9.80 Å². The number of nitrogens with two attached hydrogens (primary N) is 1. The average molecular weight is 399 g/mol. The van der Waals surface area contributed by atoms with Gasteiger partial charge in [-0.2, -0.15) is 0 Å². The van der Waals surface area contributed by atoms with Gasteiger partial charge in [0.15, 0.2) is 17.4 Å². The van der Waals surface area contributed by atoms with E-state index in [4.69, 9.17) is 10.5 Å². The van der Waals surface area contributed by atoms with Gasteiger partial charge in [0.25, 0.3) is 0 Å². The highest BCUT2D eigenvalue weighted by atomic mass is 19.1. The van der Waals surface area contributed by atoms with E-state index in [0.29, 0.717) is 44.6 Å². The van der Waals surface area contributed by atoms with Crippen LogP contribution in [0, 0.1) is 23.4 Å². The van der Waals surface area contributed by atoms with Gasteiger partial charge in [-0.15, -0.1) is 0 Å². The quantitative estimate of drug-likeness (QED) is 0.799. The molecule has 2 heterocycles. The normalized spacial score (nSPS) is 19.8. The lowest BCUT2D eigenvalue weighted by Gasteiger charge is -2.37. The van der Waals surface area contributed by atoms with Crippen LogP contribution in [-0.4, -0.2) is 61.1 Å². The fraction of sp³-hybridized carbons (Fsp3) is 0.650. The van der Waals surface area contributed by atoms with Gasteiger partial charge in [-0.25, -0.2) is 13.2 Å². The van der Waals surface area contributed by atoms with Gasteiger partial charge >= 0.3 is 0 Å². The molecule has 0 bridgehead atoms. The van der Waals surface area contributed by atoms with E-state index in [-0.39, 0.29) is 11.8 Å². The van der Waals surface area contributed by atoms with Crippen molar-refractivity contribution in [1.29, 1.82) is 0 Å². The lowest BCUT2D eigenvalue weighted by molar-refractivity contribution is -0.139. The Morgan fingerprint density at radius 2 is 1.64 bits per heavy atom. The third kappa shape index (κ3) is 5.17. The van der Waals surface area contributed by atoms with Crippen LogP contribution < -0.4 is 10.5 Å². The molecule has 0 aliphatic carbocycles. The van der Waals surface area contributed by atoms with Crippen molar-refractivity contribution in [3.63, 3.8) is 0 Å². The molecule has 3 rings (SSSR count). The molecule has 2 aliphatic rings. The monoisotopic (exact) mass is 399 g/mol. The van der Waals surface area contributed by atoms with E-state index in [9.17, 15) is 18.0 Å². The molecule has 0 spiro atoms. The smallest absolute Gasteiger partial charge is 0.225 e. The topological polar surface area (TPSA) is 58.8 Å². The van der Waals surface area contributed by atoms with Crippen LogP contribution in [0.25, 0.3) is 0 Å². The third-order valence-electron chi connectivity index (χ3n) is 5.62. The highest BCUT2D eigenvalue weighted by Crippen LogP contribution is 2.27. The molecule has 0 radical (unpaired) electrons. The maximum absolute atomic E-state index is 13.7. The molecule has 5 nitrogen and oxygen atoms in total. The number of amides is 1. The maximum Gasteiger partial charge on any atom is 0.225 e. The Balaban J connectivity index is 1.46. The van der Waals surface area contributed by atoms with E-state index in [1.807, 2.05) is 4.90 Å². The van der Waals surface area contributed by atoms with E-state index >= 15 is 0 Å². The summed E-state index contributed by atoms with van der Waals surface area (Å²) in [5.41, 5.74) is 5.55. The largest absolute Gasteiger partial charge is 0.484 e. The van der Waals surface area contributed by atoms with Gasteiger partial charge in [0.1, 0.15) is 11.9 Å². The minimum absolute atomic E-state index is 0.0404. The molecular formula is C20H28F3N3O2. The summed E-state index contributed by atoms with van der Waals surface area (Å²) in [5, 5.41) is 0. The summed E-state index contributed by atoms with van der Waals surface area (Å²) in [6.07, 6.45) is 3.28. The van der Waals surface area contributed by atoms with Crippen LogP contribution in [0.4, 0.5) is 13.2 Å². The van der Waals surface area contributed by atoms with Crippen LogP contribution in [0.15, 0.2) is 12.1 Å². The first kappa shape index (κ1) is 20.9. The van der Waals surface area contributed by atoms with E-state index in [1.54, 1.807) is 0 Å². The van der Waals surface area contributed by atoms with Gasteiger partial charge in [0, 0.05) is 44.0 Å². The van der Waals surface area contributed by atoms with Crippen molar-refractivity contribution >= 4 is 5.91 Å². The molecule has 1 aromatic carbocycles. The predicted molar refractivity (Wildman–Crippen MR) is 99.4 cm³/mol. The van der Waals surface area contributed by atoms with Gasteiger partial charge in [-0.05, 0) is 45.4 Å². The van der Waals surface area contributed by atoms with Crippen molar-refractivity contribution in [3.05, 3.63) is 29.6 Å². The second-order valence-electron chi connectivity index (χ2n) is 7.60. The highest BCUT2D eigenvalue weighted by Gasteiger charge is 2.31. The average Bonchev–Trinajstić information content (AvgIpc) is 2.69. The number of ether oxygens (including phenoxy) is 1. The molecule has 156 valence electrons. The first-order valence-electron chi connectivity index (χ1n) is 10.0. The number of likely N-dealkylation sites (tertiary alicyclic amines) is 2. The number of nitrogens with zero attached hydrogens (tertiary/aromatic N) is 2. The SMILES string of the molecule is NCCCN1CCC(C(=O)N2CCC(Oc3c(F)cc(F)cc3F)CC2)CC1. The number of hydrogen-bond donors (Lipinski definition) is 1. The molecule has 2 N–H and O–H groups in total. The highest BCUT2D eigenvalue weighted by molar-refractivity contribution is 5.79. The number of hydrogen-bond acceptors (Lipinski definition) is 4. The van der Waals surface area contributed by atoms with E-state index in [2.05, 4.69) is 4.90 Å². The fourth-order valence-corrected chi connectivity index (χ4v) is 3.98. The predicted octanol–water partition coefficient (Wildman–Crippen LogP) is 2.53. The van der Waals surface area contributed by atoms with Crippen molar-refractivity contribution in [2.75, 3.05) is 39.3 Å². The minimum Gasteiger partial charge on any atom is -0.484 e. The van der Waals surface area contributed by atoms with Crippen molar-refractivity contribution in [2.24, 2.45) is 11.7 Å². The summed E-state index contributed by atoms with van der Waals surface area (Å²) in [7, 11) is 0. The molecule has 28 heavy (non-hydrogen) atoms. The Morgan fingerprint density at radius 1 is 1.04 bits per heavy atom. The van der Waals surface area contributed by atoms with Gasteiger partial charge in [-0.1, -0.05) is 0 Å². The number of carbonyl (C=O) groups excluding carboxylic acids is 1. The Labute approximate surface area is 163 Å². The third-order valence-corrected chi connectivity index (χ3v) is 5.62. The van der Waals surface area contributed by atoms with Gasteiger partial charge in [0.2, 0.25) is 5.91 Å². The fourth-order valence-electron chi connectivity index (χ4n) is 3.98. The molecule has 8 heteroatoms. The summed E-state index contributed by atoms with van der Waals surface area (Å²) in [4.78, 5) is 16.9. The van der Waals surface area contributed by atoms with Crippen molar-refractivity contribution < 1.29 is 22.7 Å². The van der Waals surface area contributed by atoms with Crippen LogP contribution in [0.3, 0.4) is 0 Å². The molecule has 2 aliphatic heterocycles. The summed E-state index contributed by atoms with van der Waals surface area (Å²) < 4.78 is 45.9. The Hall–Kier alpha value is -1.80. The molecule has 0 atom stereocenters. The van der Waals surface area contributed by atoms with Gasteiger partial charge in [-0.3, -0.25) is 4.79 Å².